The summed E-state index contributed by atoms with van der Waals surface area (Å²) in [5, 5.41) is 10.4. The van der Waals surface area contributed by atoms with Crippen LogP contribution in [-0.2, 0) is 9.59 Å². The van der Waals surface area contributed by atoms with E-state index >= 15 is 0 Å². The molecule has 0 aromatic heterocycles. The van der Waals surface area contributed by atoms with E-state index in [0.717, 1.165) is 51.4 Å². The maximum absolute atomic E-state index is 12.0. The quantitative estimate of drug-likeness (QED) is 0.333. The minimum Gasteiger partial charge on any atom is -0.392 e. The lowest BCUT2D eigenvalue weighted by atomic mass is 9.88. The van der Waals surface area contributed by atoms with Crippen LogP contribution in [0.3, 0.4) is 0 Å². The van der Waals surface area contributed by atoms with E-state index in [1.165, 1.54) is 5.57 Å². The van der Waals surface area contributed by atoms with Crippen molar-refractivity contribution in [3.05, 3.63) is 23.8 Å². The lowest BCUT2D eigenvalue weighted by Crippen LogP contribution is -2.21. The first-order chi connectivity index (χ1) is 12.9. The summed E-state index contributed by atoms with van der Waals surface area (Å²) in [5.74, 6) is 1.38. The summed E-state index contributed by atoms with van der Waals surface area (Å²) in [4.78, 5) is 25.3. The standard InChI is InChI=1S/C23H37NO3/c1-4-5-6-10-19(25)12-13-20-21-15-17(14-18(21)16-22(20)26)9-7-8-11-23(27)24(2)3/h12-14,18,20-22,26H,4-11,15-16H2,1-3H3/t18-,20+,21-,22+/m0/s1. The molecule has 0 aliphatic heterocycles. The first-order valence-electron chi connectivity index (χ1n) is 10.7. The number of rotatable bonds is 11. The molecule has 2 rings (SSSR count). The van der Waals surface area contributed by atoms with Crippen LogP contribution in [0, 0.1) is 17.8 Å². The molecule has 4 heteroatoms. The van der Waals surface area contributed by atoms with Crippen molar-refractivity contribution in [2.75, 3.05) is 14.1 Å². The molecule has 0 aromatic carbocycles. The fourth-order valence-corrected chi connectivity index (χ4v) is 4.49. The van der Waals surface area contributed by atoms with Gasteiger partial charge in [-0.1, -0.05) is 37.5 Å². The van der Waals surface area contributed by atoms with E-state index in [1.54, 1.807) is 25.1 Å². The van der Waals surface area contributed by atoms with Gasteiger partial charge in [-0.2, -0.15) is 0 Å². The number of ketones is 1. The van der Waals surface area contributed by atoms with Gasteiger partial charge in [0.05, 0.1) is 6.10 Å². The summed E-state index contributed by atoms with van der Waals surface area (Å²) in [6.45, 7) is 2.14. The lowest BCUT2D eigenvalue weighted by molar-refractivity contribution is -0.128. The molecule has 0 unspecified atom stereocenters. The van der Waals surface area contributed by atoms with Crippen LogP contribution < -0.4 is 0 Å². The molecule has 1 fully saturated rings. The molecule has 2 aliphatic rings. The van der Waals surface area contributed by atoms with E-state index in [2.05, 4.69) is 13.0 Å². The van der Waals surface area contributed by atoms with Gasteiger partial charge in [-0.3, -0.25) is 9.59 Å². The van der Waals surface area contributed by atoms with Gasteiger partial charge in [0.1, 0.15) is 0 Å². The Morgan fingerprint density at radius 3 is 2.63 bits per heavy atom. The molecule has 4 atom stereocenters. The Labute approximate surface area is 164 Å². The molecule has 4 nitrogen and oxygen atoms in total. The van der Waals surface area contributed by atoms with Crippen molar-refractivity contribution in [1.82, 2.24) is 4.90 Å². The molecule has 0 bridgehead atoms. The van der Waals surface area contributed by atoms with Gasteiger partial charge in [-0.05, 0) is 56.4 Å². The molecule has 27 heavy (non-hydrogen) atoms. The van der Waals surface area contributed by atoms with Crippen molar-refractivity contribution < 1.29 is 14.7 Å². The number of hydrogen-bond donors (Lipinski definition) is 1. The molecular weight excluding hydrogens is 338 g/mol. The molecule has 1 amide bonds. The predicted molar refractivity (Wildman–Crippen MR) is 109 cm³/mol. The van der Waals surface area contributed by atoms with Gasteiger partial charge < -0.3 is 10.0 Å². The van der Waals surface area contributed by atoms with E-state index in [0.29, 0.717) is 24.7 Å². The summed E-state index contributed by atoms with van der Waals surface area (Å²) in [7, 11) is 3.60. The summed E-state index contributed by atoms with van der Waals surface area (Å²) >= 11 is 0. The van der Waals surface area contributed by atoms with Gasteiger partial charge in [-0.15, -0.1) is 0 Å². The Morgan fingerprint density at radius 1 is 1.19 bits per heavy atom. The highest BCUT2D eigenvalue weighted by Crippen LogP contribution is 2.48. The third-order valence-corrected chi connectivity index (χ3v) is 6.12. The molecule has 0 heterocycles. The van der Waals surface area contributed by atoms with E-state index in [1.807, 2.05) is 6.08 Å². The van der Waals surface area contributed by atoms with E-state index in [-0.39, 0.29) is 23.7 Å². The van der Waals surface area contributed by atoms with Crippen LogP contribution in [0.15, 0.2) is 23.8 Å². The minimum atomic E-state index is -0.324. The van der Waals surface area contributed by atoms with E-state index in [4.69, 9.17) is 0 Å². The van der Waals surface area contributed by atoms with Crippen LogP contribution in [-0.4, -0.2) is 41.9 Å². The summed E-state index contributed by atoms with van der Waals surface area (Å²) in [6, 6.07) is 0. The number of fused-ring (bicyclic) bond motifs is 1. The Balaban J connectivity index is 1.77. The average molecular weight is 376 g/mol. The smallest absolute Gasteiger partial charge is 0.222 e. The second-order valence-electron chi connectivity index (χ2n) is 8.51. The van der Waals surface area contributed by atoms with Crippen LogP contribution in [0.1, 0.15) is 71.1 Å². The summed E-state index contributed by atoms with van der Waals surface area (Å²) < 4.78 is 0. The maximum Gasteiger partial charge on any atom is 0.222 e. The molecule has 0 saturated heterocycles. The highest BCUT2D eigenvalue weighted by Gasteiger charge is 2.43. The molecule has 0 aromatic rings. The number of amides is 1. The normalized spacial score (nSPS) is 27.0. The number of hydrogen-bond acceptors (Lipinski definition) is 3. The Hall–Kier alpha value is -1.42. The van der Waals surface area contributed by atoms with Gasteiger partial charge in [0, 0.05) is 32.9 Å². The highest BCUT2D eigenvalue weighted by atomic mass is 16.3. The van der Waals surface area contributed by atoms with Crippen molar-refractivity contribution >= 4 is 11.7 Å². The number of nitrogens with zero attached hydrogens (tertiary/aromatic N) is 1. The fourth-order valence-electron chi connectivity index (χ4n) is 4.49. The number of unbranched alkanes of at least 4 members (excludes halogenated alkanes) is 3. The van der Waals surface area contributed by atoms with Crippen molar-refractivity contribution in [2.45, 2.75) is 77.2 Å². The second kappa shape index (κ2) is 10.8. The van der Waals surface area contributed by atoms with Crippen LogP contribution in [0.4, 0.5) is 0 Å². The van der Waals surface area contributed by atoms with Crippen molar-refractivity contribution in [3.63, 3.8) is 0 Å². The summed E-state index contributed by atoms with van der Waals surface area (Å²) in [5.41, 5.74) is 1.47. The van der Waals surface area contributed by atoms with Crippen LogP contribution in [0.5, 0.6) is 0 Å². The zero-order chi connectivity index (χ0) is 19.8. The Morgan fingerprint density at radius 2 is 1.93 bits per heavy atom. The molecule has 0 radical (unpaired) electrons. The zero-order valence-corrected chi connectivity index (χ0v) is 17.3. The molecule has 2 aliphatic carbocycles. The molecule has 1 saturated carbocycles. The van der Waals surface area contributed by atoms with E-state index in [9.17, 15) is 14.7 Å². The predicted octanol–water partition coefficient (Wildman–Crippen LogP) is 4.28. The minimum absolute atomic E-state index is 0.106. The zero-order valence-electron chi connectivity index (χ0n) is 17.3. The highest BCUT2D eigenvalue weighted by molar-refractivity contribution is 5.89. The van der Waals surface area contributed by atoms with Crippen molar-refractivity contribution in [2.24, 2.45) is 17.8 Å². The van der Waals surface area contributed by atoms with Crippen LogP contribution >= 0.6 is 0 Å². The van der Waals surface area contributed by atoms with Gasteiger partial charge in [-0.25, -0.2) is 0 Å². The van der Waals surface area contributed by atoms with Crippen LogP contribution in [0.2, 0.25) is 0 Å². The third kappa shape index (κ3) is 6.60. The lowest BCUT2D eigenvalue weighted by Gasteiger charge is -2.18. The number of aliphatic hydroxyl groups is 1. The van der Waals surface area contributed by atoms with Gasteiger partial charge >= 0.3 is 0 Å². The maximum atomic E-state index is 12.0. The summed E-state index contributed by atoms with van der Waals surface area (Å²) in [6.07, 6.45) is 15.0. The molecule has 1 N–H and O–H groups in total. The largest absolute Gasteiger partial charge is 0.392 e. The average Bonchev–Trinajstić information content (AvgIpc) is 3.13. The van der Waals surface area contributed by atoms with Gasteiger partial charge in [0.2, 0.25) is 5.91 Å². The van der Waals surface area contributed by atoms with E-state index < -0.39 is 0 Å². The van der Waals surface area contributed by atoms with Crippen molar-refractivity contribution in [3.8, 4) is 0 Å². The number of aliphatic hydroxyl groups excluding tert-OH is 1. The molecular formula is C23H37NO3. The Bertz CT molecular complexity index is 564. The third-order valence-electron chi connectivity index (χ3n) is 6.12. The SMILES string of the molecule is CCCCCC(=O)C=C[C@@H]1[C@H]2CC(CCCCC(=O)N(C)C)=C[C@H]2C[C@H]1O. The number of carbonyl (C=O) groups is 2. The van der Waals surface area contributed by atoms with Gasteiger partial charge in [0.15, 0.2) is 5.78 Å². The topological polar surface area (TPSA) is 57.6 Å². The van der Waals surface area contributed by atoms with Crippen molar-refractivity contribution in [1.29, 1.82) is 0 Å². The molecule has 0 spiro atoms. The second-order valence-corrected chi connectivity index (χ2v) is 8.51. The fraction of sp³-hybridized carbons (Fsp3) is 0.739. The Kier molecular flexibility index (Phi) is 8.75. The first kappa shape index (κ1) is 21.9. The van der Waals surface area contributed by atoms with Gasteiger partial charge in [0.25, 0.3) is 0 Å². The van der Waals surface area contributed by atoms with Crippen LogP contribution in [0.25, 0.3) is 0 Å². The number of allylic oxidation sites excluding steroid dienone is 3. The molecule has 152 valence electrons. The first-order valence-corrected chi connectivity index (χ1v) is 10.7. The number of carbonyl (C=O) groups excluding carboxylic acids is 2. The monoisotopic (exact) mass is 375 g/mol.